The van der Waals surface area contributed by atoms with Crippen molar-refractivity contribution >= 4 is 34.4 Å². The van der Waals surface area contributed by atoms with Crippen molar-refractivity contribution in [3.63, 3.8) is 0 Å². The summed E-state index contributed by atoms with van der Waals surface area (Å²) >= 11 is 0. The third-order valence-electron chi connectivity index (χ3n) is 4.15. The first-order chi connectivity index (χ1) is 13.5. The van der Waals surface area contributed by atoms with Crippen molar-refractivity contribution < 1.29 is 28.3 Å². The van der Waals surface area contributed by atoms with E-state index in [1.165, 1.54) is 0 Å². The largest absolute Gasteiger partial charge is 0.454 e. The maximum atomic E-state index is 12.3. The second-order valence-electron chi connectivity index (χ2n) is 5.99. The van der Waals surface area contributed by atoms with E-state index in [1.807, 2.05) is 0 Å². The zero-order valence-corrected chi connectivity index (χ0v) is 14.5. The number of fused-ring (bicyclic) bond motifs is 2. The van der Waals surface area contributed by atoms with Crippen molar-refractivity contribution in [3.05, 3.63) is 53.8 Å². The first-order valence-electron chi connectivity index (χ1n) is 8.32. The van der Waals surface area contributed by atoms with Gasteiger partial charge in [-0.15, -0.1) is 0 Å². The van der Waals surface area contributed by atoms with Gasteiger partial charge in [-0.3, -0.25) is 14.4 Å². The summed E-state index contributed by atoms with van der Waals surface area (Å²) in [6.45, 7) is 0.256. The number of benzene rings is 2. The van der Waals surface area contributed by atoms with Gasteiger partial charge in [-0.1, -0.05) is 18.2 Å². The average molecular weight is 381 g/mol. The minimum Gasteiger partial charge on any atom is -0.454 e. The van der Waals surface area contributed by atoms with E-state index in [9.17, 15) is 14.4 Å². The number of nitrogens with two attached hydrogens (primary N) is 1. The minimum atomic E-state index is -0.949. The molecule has 2 aromatic carbocycles. The van der Waals surface area contributed by atoms with E-state index < -0.39 is 17.7 Å². The molecule has 1 aromatic heterocycles. The molecule has 0 saturated heterocycles. The van der Waals surface area contributed by atoms with Crippen LogP contribution in [0.3, 0.4) is 0 Å². The molecule has 4 N–H and O–H groups in total. The second-order valence-corrected chi connectivity index (χ2v) is 5.99. The lowest BCUT2D eigenvalue weighted by Gasteiger charge is -2.07. The molecular formula is C19H15N3O6. The molecule has 3 amide bonds. The van der Waals surface area contributed by atoms with Gasteiger partial charge in [0, 0.05) is 11.9 Å². The maximum absolute atomic E-state index is 12.3. The van der Waals surface area contributed by atoms with E-state index >= 15 is 0 Å². The lowest BCUT2D eigenvalue weighted by molar-refractivity contribution is -0.136. The van der Waals surface area contributed by atoms with Crippen LogP contribution in [0.4, 0.5) is 5.69 Å². The summed E-state index contributed by atoms with van der Waals surface area (Å²) < 4.78 is 15.9. The van der Waals surface area contributed by atoms with Gasteiger partial charge in [0.2, 0.25) is 12.6 Å². The van der Waals surface area contributed by atoms with Crippen molar-refractivity contribution in [2.75, 3.05) is 12.1 Å². The first kappa shape index (κ1) is 17.4. The van der Waals surface area contributed by atoms with Crippen LogP contribution >= 0.6 is 0 Å². The van der Waals surface area contributed by atoms with Crippen molar-refractivity contribution in [1.29, 1.82) is 0 Å². The Labute approximate surface area is 158 Å². The average Bonchev–Trinajstić information content (AvgIpc) is 3.30. The molecule has 0 aliphatic carbocycles. The molecule has 142 valence electrons. The molecule has 0 atom stereocenters. The molecule has 2 heterocycles. The predicted molar refractivity (Wildman–Crippen MR) is 97.8 cm³/mol. The van der Waals surface area contributed by atoms with E-state index in [-0.39, 0.29) is 24.8 Å². The van der Waals surface area contributed by atoms with Crippen molar-refractivity contribution in [2.24, 2.45) is 5.73 Å². The Bertz CT molecular complexity index is 1100. The van der Waals surface area contributed by atoms with Crippen LogP contribution in [0.15, 0.2) is 46.9 Å². The SMILES string of the molecule is NC(=O)c1oc2ccccc2c1NC(=O)C(=O)NCc1ccc2c(c1)OCO2. The Balaban J connectivity index is 1.46. The van der Waals surface area contributed by atoms with Gasteiger partial charge in [0.15, 0.2) is 11.5 Å². The Kier molecular flexibility index (Phi) is 4.32. The fourth-order valence-corrected chi connectivity index (χ4v) is 2.83. The summed E-state index contributed by atoms with van der Waals surface area (Å²) in [6, 6.07) is 11.9. The molecule has 0 fully saturated rings. The Morgan fingerprint density at radius 2 is 1.79 bits per heavy atom. The number of para-hydroxylation sites is 1. The molecule has 0 spiro atoms. The molecule has 4 rings (SSSR count). The lowest BCUT2D eigenvalue weighted by Crippen LogP contribution is -2.35. The van der Waals surface area contributed by atoms with E-state index in [0.717, 1.165) is 5.56 Å². The smallest absolute Gasteiger partial charge is 0.313 e. The van der Waals surface area contributed by atoms with E-state index in [2.05, 4.69) is 10.6 Å². The highest BCUT2D eigenvalue weighted by atomic mass is 16.7. The third kappa shape index (κ3) is 3.20. The van der Waals surface area contributed by atoms with Gasteiger partial charge in [0.25, 0.3) is 5.91 Å². The summed E-state index contributed by atoms with van der Waals surface area (Å²) in [4.78, 5) is 36.0. The van der Waals surface area contributed by atoms with Crippen LogP contribution in [-0.4, -0.2) is 24.5 Å². The van der Waals surface area contributed by atoms with E-state index in [0.29, 0.717) is 22.5 Å². The van der Waals surface area contributed by atoms with Gasteiger partial charge < -0.3 is 30.3 Å². The lowest BCUT2D eigenvalue weighted by atomic mass is 10.2. The normalized spacial score (nSPS) is 12.0. The van der Waals surface area contributed by atoms with Crippen LogP contribution in [0, 0.1) is 0 Å². The number of furan rings is 1. The standard InChI is InChI=1S/C19H15N3O6/c20-17(23)16-15(11-3-1-2-4-12(11)28-16)22-19(25)18(24)21-8-10-5-6-13-14(7-10)27-9-26-13/h1-7H,8-9H2,(H2,20,23)(H,21,24)(H,22,25). The number of primary amides is 1. The Hall–Kier alpha value is -4.01. The molecule has 1 aliphatic rings. The summed E-state index contributed by atoms with van der Waals surface area (Å²) in [5.74, 6) is -1.70. The van der Waals surface area contributed by atoms with Crippen LogP contribution in [-0.2, 0) is 16.1 Å². The van der Waals surface area contributed by atoms with E-state index in [4.69, 9.17) is 19.6 Å². The number of amides is 3. The zero-order chi connectivity index (χ0) is 19.7. The fraction of sp³-hybridized carbons (Fsp3) is 0.105. The van der Waals surface area contributed by atoms with Gasteiger partial charge in [-0.2, -0.15) is 0 Å². The summed E-state index contributed by atoms with van der Waals surface area (Å²) in [5.41, 5.74) is 6.47. The summed E-state index contributed by atoms with van der Waals surface area (Å²) in [6.07, 6.45) is 0. The van der Waals surface area contributed by atoms with Gasteiger partial charge in [0.05, 0.1) is 0 Å². The Morgan fingerprint density at radius 1 is 1.00 bits per heavy atom. The molecule has 0 radical (unpaired) electrons. The van der Waals surface area contributed by atoms with E-state index in [1.54, 1.807) is 42.5 Å². The van der Waals surface area contributed by atoms with Gasteiger partial charge in [-0.25, -0.2) is 0 Å². The molecule has 9 heteroatoms. The topological polar surface area (TPSA) is 133 Å². The molecule has 0 saturated carbocycles. The van der Waals surface area contributed by atoms with Crippen molar-refractivity contribution in [1.82, 2.24) is 5.32 Å². The Morgan fingerprint density at radius 3 is 2.61 bits per heavy atom. The fourth-order valence-electron chi connectivity index (χ4n) is 2.83. The molecule has 0 bridgehead atoms. The summed E-state index contributed by atoms with van der Waals surface area (Å²) in [7, 11) is 0. The monoisotopic (exact) mass is 381 g/mol. The molecular weight excluding hydrogens is 366 g/mol. The highest BCUT2D eigenvalue weighted by molar-refractivity contribution is 6.40. The number of carbonyl (C=O) groups is 3. The van der Waals surface area contributed by atoms with Crippen molar-refractivity contribution in [2.45, 2.75) is 6.54 Å². The van der Waals surface area contributed by atoms with Gasteiger partial charge >= 0.3 is 11.8 Å². The molecule has 3 aromatic rings. The number of ether oxygens (including phenoxy) is 2. The number of hydrogen-bond acceptors (Lipinski definition) is 6. The van der Waals surface area contributed by atoms with Crippen LogP contribution < -0.4 is 25.8 Å². The van der Waals surface area contributed by atoms with Gasteiger partial charge in [0.1, 0.15) is 11.3 Å². The highest BCUT2D eigenvalue weighted by Gasteiger charge is 2.23. The van der Waals surface area contributed by atoms with Crippen LogP contribution in [0.2, 0.25) is 0 Å². The number of hydrogen-bond donors (Lipinski definition) is 3. The number of anilines is 1. The molecule has 1 aliphatic heterocycles. The van der Waals surface area contributed by atoms with Crippen LogP contribution in [0.1, 0.15) is 16.1 Å². The maximum Gasteiger partial charge on any atom is 0.313 e. The van der Waals surface area contributed by atoms with Crippen LogP contribution in [0.5, 0.6) is 11.5 Å². The summed E-state index contributed by atoms with van der Waals surface area (Å²) in [5, 5.41) is 5.37. The minimum absolute atomic E-state index is 0.0614. The second kappa shape index (κ2) is 6.95. The first-order valence-corrected chi connectivity index (χ1v) is 8.32. The predicted octanol–water partition coefficient (Wildman–Crippen LogP) is 1.52. The molecule has 0 unspecified atom stereocenters. The molecule has 28 heavy (non-hydrogen) atoms. The van der Waals surface area contributed by atoms with Crippen molar-refractivity contribution in [3.8, 4) is 11.5 Å². The third-order valence-corrected chi connectivity index (χ3v) is 4.15. The molecule has 9 nitrogen and oxygen atoms in total. The number of nitrogens with one attached hydrogen (secondary N) is 2. The zero-order valence-electron chi connectivity index (χ0n) is 14.5. The highest BCUT2D eigenvalue weighted by Crippen LogP contribution is 2.32. The quantitative estimate of drug-likeness (QED) is 0.587. The number of carbonyl (C=O) groups excluding carboxylic acids is 3. The van der Waals surface area contributed by atoms with Gasteiger partial charge in [-0.05, 0) is 29.8 Å². The van der Waals surface area contributed by atoms with Crippen LogP contribution in [0.25, 0.3) is 11.0 Å². The number of rotatable bonds is 4.